The first-order valence-electron chi connectivity index (χ1n) is 9.15. The number of rotatable bonds is 5. The third-order valence-electron chi connectivity index (χ3n) is 5.44. The Balaban J connectivity index is 1.72. The van der Waals surface area contributed by atoms with E-state index in [1.54, 1.807) is 13.2 Å². The first-order valence-corrected chi connectivity index (χ1v) is 10.2. The number of fused-ring (bicyclic) bond motifs is 1. The maximum Gasteiger partial charge on any atom is 0.156 e. The van der Waals surface area contributed by atoms with Crippen LogP contribution in [0.4, 0.5) is 5.82 Å². The summed E-state index contributed by atoms with van der Waals surface area (Å²) in [5.74, 6) is 0.935. The highest BCUT2D eigenvalue weighted by Gasteiger charge is 2.40. The molecule has 1 fully saturated rings. The number of nitrogens with one attached hydrogen (secondary N) is 1. The summed E-state index contributed by atoms with van der Waals surface area (Å²) in [4.78, 5) is 0. The molecule has 1 saturated carbocycles. The van der Waals surface area contributed by atoms with E-state index in [-0.39, 0.29) is 11.4 Å². The number of aromatic nitrogens is 2. The molecule has 6 heteroatoms. The number of halogens is 1. The topological polar surface area (TPSA) is 67.3 Å². The molecule has 0 saturated heterocycles. The van der Waals surface area contributed by atoms with Crippen molar-refractivity contribution in [1.29, 1.82) is 0 Å². The van der Waals surface area contributed by atoms with Gasteiger partial charge in [0.1, 0.15) is 11.4 Å². The zero-order valence-corrected chi connectivity index (χ0v) is 18.0. The van der Waals surface area contributed by atoms with Crippen LogP contribution >= 0.6 is 22.6 Å². The predicted molar refractivity (Wildman–Crippen MR) is 122 cm³/mol. The van der Waals surface area contributed by atoms with Gasteiger partial charge >= 0.3 is 0 Å². The van der Waals surface area contributed by atoms with Crippen LogP contribution in [-0.4, -0.2) is 34.1 Å². The number of phenols is 1. The lowest BCUT2D eigenvalue weighted by atomic mass is 9.77. The highest BCUT2D eigenvalue weighted by atomic mass is 127. The lowest BCUT2D eigenvalue weighted by Crippen LogP contribution is -2.49. The highest BCUT2D eigenvalue weighted by Crippen LogP contribution is 2.39. The molecule has 1 aromatic heterocycles. The normalized spacial score (nSPS) is 21.3. The minimum Gasteiger partial charge on any atom is -0.507 e. The molecule has 0 aliphatic heterocycles. The van der Waals surface area contributed by atoms with Crippen LogP contribution in [0, 0.1) is 0 Å². The predicted octanol–water partition coefficient (Wildman–Crippen LogP) is 5.39. The average molecular weight is 487 g/mol. The molecular formula is C22H22IN3O2. The summed E-state index contributed by atoms with van der Waals surface area (Å²) in [6.07, 6.45) is 1.87. The zero-order chi connectivity index (χ0) is 19.9. The van der Waals surface area contributed by atoms with E-state index in [2.05, 4.69) is 51.6 Å². The number of benzene rings is 2. The van der Waals surface area contributed by atoms with Crippen molar-refractivity contribution in [3.63, 3.8) is 0 Å². The van der Waals surface area contributed by atoms with E-state index in [4.69, 9.17) is 4.74 Å². The molecule has 0 spiro atoms. The van der Waals surface area contributed by atoms with Crippen LogP contribution in [-0.2, 0) is 4.74 Å². The van der Waals surface area contributed by atoms with E-state index >= 15 is 0 Å². The van der Waals surface area contributed by atoms with Crippen LogP contribution in [0.3, 0.4) is 0 Å². The summed E-state index contributed by atoms with van der Waals surface area (Å²) in [7, 11) is 1.76. The van der Waals surface area contributed by atoms with Crippen molar-refractivity contribution < 1.29 is 9.84 Å². The van der Waals surface area contributed by atoms with Gasteiger partial charge in [-0.05, 0) is 60.1 Å². The van der Waals surface area contributed by atoms with E-state index in [0.29, 0.717) is 17.3 Å². The van der Waals surface area contributed by atoms with Crippen LogP contribution < -0.4 is 5.32 Å². The minimum atomic E-state index is -0.0585. The number of anilines is 1. The molecule has 28 heavy (non-hydrogen) atoms. The molecule has 3 aromatic rings. The summed E-state index contributed by atoms with van der Waals surface area (Å²) < 4.78 is 6.41. The van der Waals surface area contributed by atoms with E-state index in [1.165, 1.54) is 0 Å². The number of methoxy groups -OCH3 is 1. The Morgan fingerprint density at radius 3 is 2.57 bits per heavy atom. The molecule has 0 unspecified atom stereocenters. The fraction of sp³-hybridized carbons (Fsp3) is 0.273. The van der Waals surface area contributed by atoms with Gasteiger partial charge in [0.25, 0.3) is 0 Å². The van der Waals surface area contributed by atoms with Gasteiger partial charge in [0, 0.05) is 33.1 Å². The summed E-state index contributed by atoms with van der Waals surface area (Å²) in [6.45, 7) is 6.04. The number of hydrogen-bond donors (Lipinski definition) is 2. The number of aromatic hydroxyl groups is 1. The standard InChI is InChI=1S/C22H22IN3O2/c1-13(23)14-8-9-18(19(27)10-14)20-16-6-4-5-7-17(16)21(26-25-20)24-15-11-22(2,12-15)28-3/h4-10,15,27H,1,11-12H2,2-3H3,(H,24,26). The maximum absolute atomic E-state index is 10.6. The van der Waals surface area contributed by atoms with Crippen molar-refractivity contribution in [2.45, 2.75) is 31.4 Å². The van der Waals surface area contributed by atoms with E-state index in [1.807, 2.05) is 36.4 Å². The molecule has 0 atom stereocenters. The monoisotopic (exact) mass is 487 g/mol. The number of ether oxygens (including phenoxy) is 1. The molecule has 0 bridgehead atoms. The first-order chi connectivity index (χ1) is 13.4. The Hall–Kier alpha value is -2.19. The summed E-state index contributed by atoms with van der Waals surface area (Å²) >= 11 is 2.14. The zero-order valence-electron chi connectivity index (χ0n) is 15.9. The van der Waals surface area contributed by atoms with Crippen LogP contribution in [0.5, 0.6) is 5.75 Å². The Kier molecular flexibility index (Phi) is 5.01. The van der Waals surface area contributed by atoms with Crippen molar-refractivity contribution in [2.24, 2.45) is 0 Å². The van der Waals surface area contributed by atoms with Crippen LogP contribution in [0.2, 0.25) is 0 Å². The Morgan fingerprint density at radius 1 is 1.21 bits per heavy atom. The fourth-order valence-electron chi connectivity index (χ4n) is 3.75. The molecule has 2 aromatic carbocycles. The molecule has 4 rings (SSSR count). The van der Waals surface area contributed by atoms with Gasteiger partial charge < -0.3 is 15.2 Å². The molecular weight excluding hydrogens is 465 g/mol. The van der Waals surface area contributed by atoms with Crippen LogP contribution in [0.25, 0.3) is 25.6 Å². The van der Waals surface area contributed by atoms with Gasteiger partial charge in [0.15, 0.2) is 5.82 Å². The van der Waals surface area contributed by atoms with E-state index in [9.17, 15) is 5.11 Å². The second-order valence-electron chi connectivity index (χ2n) is 7.48. The van der Waals surface area contributed by atoms with Gasteiger partial charge in [-0.15, -0.1) is 10.2 Å². The lowest BCUT2D eigenvalue weighted by Gasteiger charge is -2.44. The molecule has 1 aliphatic carbocycles. The second-order valence-corrected chi connectivity index (χ2v) is 8.79. The Morgan fingerprint density at radius 2 is 1.93 bits per heavy atom. The lowest BCUT2D eigenvalue weighted by molar-refractivity contribution is -0.0625. The summed E-state index contributed by atoms with van der Waals surface area (Å²) in [5.41, 5.74) is 2.16. The van der Waals surface area contributed by atoms with Crippen molar-refractivity contribution in [2.75, 3.05) is 12.4 Å². The third-order valence-corrected chi connectivity index (χ3v) is 6.07. The Bertz CT molecular complexity index is 1060. The van der Waals surface area contributed by atoms with Crippen molar-refractivity contribution in [1.82, 2.24) is 10.2 Å². The second kappa shape index (κ2) is 7.33. The maximum atomic E-state index is 10.6. The van der Waals surface area contributed by atoms with E-state index in [0.717, 1.165) is 38.6 Å². The van der Waals surface area contributed by atoms with Gasteiger partial charge in [-0.3, -0.25) is 0 Å². The molecule has 0 radical (unpaired) electrons. The van der Waals surface area contributed by atoms with Gasteiger partial charge in [0.05, 0.1) is 5.60 Å². The quantitative estimate of drug-likeness (QED) is 0.473. The minimum absolute atomic E-state index is 0.0585. The van der Waals surface area contributed by atoms with Crippen molar-refractivity contribution in [3.8, 4) is 17.0 Å². The van der Waals surface area contributed by atoms with Crippen LogP contribution in [0.15, 0.2) is 49.0 Å². The average Bonchev–Trinajstić information content (AvgIpc) is 2.67. The smallest absolute Gasteiger partial charge is 0.156 e. The summed E-state index contributed by atoms with van der Waals surface area (Å²) in [6, 6.07) is 13.8. The SMILES string of the molecule is C=C(I)c1ccc(-c2nnc(NC3CC(C)(OC)C3)c3ccccc23)c(O)c1. The molecule has 144 valence electrons. The summed E-state index contributed by atoms with van der Waals surface area (Å²) in [5, 5.41) is 24.9. The molecule has 2 N–H and O–H groups in total. The number of phenolic OH excluding ortho intramolecular Hbond substituents is 1. The van der Waals surface area contributed by atoms with Gasteiger partial charge in [-0.2, -0.15) is 0 Å². The van der Waals surface area contributed by atoms with E-state index < -0.39 is 0 Å². The van der Waals surface area contributed by atoms with Gasteiger partial charge in [0.2, 0.25) is 0 Å². The highest BCUT2D eigenvalue weighted by molar-refractivity contribution is 14.1. The fourth-order valence-corrected chi connectivity index (χ4v) is 4.09. The number of nitrogens with zero attached hydrogens (tertiary/aromatic N) is 2. The molecule has 5 nitrogen and oxygen atoms in total. The third kappa shape index (κ3) is 3.46. The number of hydrogen-bond acceptors (Lipinski definition) is 5. The van der Waals surface area contributed by atoms with Crippen LogP contribution in [0.1, 0.15) is 25.3 Å². The van der Waals surface area contributed by atoms with Crippen molar-refractivity contribution in [3.05, 3.63) is 54.6 Å². The van der Waals surface area contributed by atoms with Crippen molar-refractivity contribution >= 4 is 42.8 Å². The van der Waals surface area contributed by atoms with Gasteiger partial charge in [-0.1, -0.05) is 36.9 Å². The molecule has 1 aliphatic rings. The molecule has 1 heterocycles. The largest absolute Gasteiger partial charge is 0.507 e. The first kappa shape index (κ1) is 19.1. The molecule has 0 amide bonds. The van der Waals surface area contributed by atoms with Gasteiger partial charge in [-0.25, -0.2) is 0 Å². The Labute approximate surface area is 178 Å².